The van der Waals surface area contributed by atoms with E-state index in [0.29, 0.717) is 22.4 Å². The van der Waals surface area contributed by atoms with E-state index in [-0.39, 0.29) is 5.69 Å². The summed E-state index contributed by atoms with van der Waals surface area (Å²) in [5.41, 5.74) is 4.08. The summed E-state index contributed by atoms with van der Waals surface area (Å²) >= 11 is 0. The lowest BCUT2D eigenvalue weighted by molar-refractivity contribution is -0.660. The third-order valence-corrected chi connectivity index (χ3v) is 5.85. The Morgan fingerprint density at radius 3 is 1.64 bits per heavy atom. The van der Waals surface area contributed by atoms with Gasteiger partial charge in [-0.05, 0) is 75.5 Å². The molecule has 1 heterocycles. The molecule has 0 spiro atoms. The molecule has 0 unspecified atom stereocenters. The maximum absolute atomic E-state index is 12.8. The van der Waals surface area contributed by atoms with E-state index in [4.69, 9.17) is 9.26 Å². The minimum absolute atomic E-state index is 0.242. The Bertz CT molecular complexity index is 1470. The predicted molar refractivity (Wildman–Crippen MR) is 125 cm³/mol. The van der Waals surface area contributed by atoms with Crippen LogP contribution in [0.2, 0.25) is 0 Å². The molecule has 36 heavy (non-hydrogen) atoms. The molecule has 0 radical (unpaired) electrons. The van der Waals surface area contributed by atoms with Crippen molar-refractivity contribution in [1.29, 1.82) is 0 Å². The van der Waals surface area contributed by atoms with E-state index in [1.165, 1.54) is 16.8 Å². The number of ether oxygens (including phenoxy) is 1. The number of hydrogen-bond acceptors (Lipinski definition) is 4. The smallest absolute Gasteiger partial charge is 0.416 e. The van der Waals surface area contributed by atoms with E-state index in [1.54, 1.807) is 31.4 Å². The van der Waals surface area contributed by atoms with E-state index in [9.17, 15) is 18.3 Å². The van der Waals surface area contributed by atoms with Gasteiger partial charge >= 0.3 is 6.18 Å². The lowest BCUT2D eigenvalue weighted by Crippen LogP contribution is -2.34. The van der Waals surface area contributed by atoms with Gasteiger partial charge in [-0.2, -0.15) is 13.2 Å². The Morgan fingerprint density at radius 2 is 1.14 bits per heavy atom. The molecule has 0 aliphatic carbocycles. The molecule has 5 rings (SSSR count). The molecule has 0 fully saturated rings. The first-order chi connectivity index (χ1) is 17.3. The maximum atomic E-state index is 12.8. The molecule has 0 saturated carbocycles. The van der Waals surface area contributed by atoms with E-state index < -0.39 is 17.7 Å². The third-order valence-electron chi connectivity index (χ3n) is 5.85. The molecule has 4 aromatic carbocycles. The lowest BCUT2D eigenvalue weighted by atomic mass is 10.0. The number of rotatable bonds is 5. The van der Waals surface area contributed by atoms with Crippen LogP contribution in [0.15, 0.2) is 102 Å². The molecule has 1 aromatic heterocycles. The van der Waals surface area contributed by atoms with Crippen LogP contribution in [0.3, 0.4) is 0 Å². The van der Waals surface area contributed by atoms with Crippen LogP contribution in [0.5, 0.6) is 11.7 Å². The number of hydrogen-bond donors (Lipinski definition) is 0. The van der Waals surface area contributed by atoms with Crippen molar-refractivity contribution in [2.24, 2.45) is 0 Å². The number of halogens is 3. The summed E-state index contributed by atoms with van der Waals surface area (Å²) < 4.78 is 50.1. The predicted octanol–water partition coefficient (Wildman–Crippen LogP) is 6.05. The van der Waals surface area contributed by atoms with Crippen LogP contribution < -0.4 is 14.5 Å². The van der Waals surface area contributed by atoms with Crippen molar-refractivity contribution >= 4 is 0 Å². The maximum Gasteiger partial charge on any atom is 0.416 e. The largest absolute Gasteiger partial charge is 0.539 e. The highest BCUT2D eigenvalue weighted by Gasteiger charge is 2.30. The van der Waals surface area contributed by atoms with Crippen LogP contribution >= 0.6 is 0 Å². The molecule has 5 aromatic rings. The topological polar surface area (TPSA) is 62.2 Å². The second-order valence-corrected chi connectivity index (χ2v) is 8.05. The van der Waals surface area contributed by atoms with Crippen molar-refractivity contribution in [2.75, 3.05) is 7.11 Å². The van der Waals surface area contributed by atoms with Gasteiger partial charge in [0.25, 0.3) is 5.69 Å². The summed E-state index contributed by atoms with van der Waals surface area (Å²) in [6.07, 6.45) is -4.39. The second-order valence-electron chi connectivity index (χ2n) is 8.05. The fraction of sp³-hybridized carbons (Fsp3) is 0.0714. The molecule has 180 valence electrons. The lowest BCUT2D eigenvalue weighted by Gasteiger charge is -2.08. The molecule has 0 bridgehead atoms. The van der Waals surface area contributed by atoms with E-state index in [0.717, 1.165) is 29.0 Å². The number of nitrogens with zero attached hydrogens (tertiary/aromatic N) is 2. The molecule has 0 amide bonds. The minimum Gasteiger partial charge on any atom is -0.539 e. The van der Waals surface area contributed by atoms with Crippen molar-refractivity contribution in [2.45, 2.75) is 6.18 Å². The van der Waals surface area contributed by atoms with Crippen LogP contribution in [-0.2, 0) is 6.18 Å². The van der Waals surface area contributed by atoms with Gasteiger partial charge in [-0.3, -0.25) is 0 Å². The van der Waals surface area contributed by atoms with Gasteiger partial charge in [0.2, 0.25) is 5.69 Å². The minimum atomic E-state index is -4.39. The zero-order valence-corrected chi connectivity index (χ0v) is 19.0. The molecule has 5 nitrogen and oxygen atoms in total. The first kappa shape index (κ1) is 23.2. The summed E-state index contributed by atoms with van der Waals surface area (Å²) in [6, 6.07) is 27.0. The molecular formula is C28H19F3N2O3. The SMILES string of the molecule is COc1ccc(-c2ccc(-[n+]3noc([O-])c3-c3ccc(-c4ccc(C(F)(F)F)cc4)cc3)cc2)cc1. The van der Waals surface area contributed by atoms with Crippen LogP contribution in [0, 0.1) is 0 Å². The fourth-order valence-corrected chi connectivity index (χ4v) is 3.92. The quantitative estimate of drug-likeness (QED) is 0.283. The van der Waals surface area contributed by atoms with Gasteiger partial charge in [-0.25, -0.2) is 0 Å². The standard InChI is InChI=1S/C28H19F3N2O3/c1-35-25-16-10-21(11-17-25)20-8-14-24(15-9-20)33-26(27(34)36-32-33)22-4-2-18(3-5-22)19-6-12-23(13-7-19)28(29,30)31/h2-17H,1H3. The summed E-state index contributed by atoms with van der Waals surface area (Å²) in [7, 11) is 1.61. The van der Waals surface area contributed by atoms with Crippen molar-refractivity contribution < 1.29 is 32.2 Å². The first-order valence-corrected chi connectivity index (χ1v) is 11.0. The zero-order chi connectivity index (χ0) is 25.3. The molecule has 0 saturated heterocycles. The van der Waals surface area contributed by atoms with Crippen LogP contribution in [0.25, 0.3) is 39.2 Å². The second kappa shape index (κ2) is 9.22. The molecule has 0 aliphatic rings. The van der Waals surface area contributed by atoms with Crippen molar-refractivity contribution in [1.82, 2.24) is 5.27 Å². The Hall–Kier alpha value is -4.59. The third kappa shape index (κ3) is 4.53. The van der Waals surface area contributed by atoms with Gasteiger partial charge in [0, 0.05) is 12.1 Å². The number of benzene rings is 4. The van der Waals surface area contributed by atoms with Gasteiger partial charge in [0.1, 0.15) is 5.75 Å². The monoisotopic (exact) mass is 488 g/mol. The van der Waals surface area contributed by atoms with Crippen LogP contribution in [0.4, 0.5) is 13.2 Å². The fourth-order valence-electron chi connectivity index (χ4n) is 3.92. The Balaban J connectivity index is 1.41. The van der Waals surface area contributed by atoms with Gasteiger partial charge in [-0.1, -0.05) is 36.4 Å². The highest BCUT2D eigenvalue weighted by atomic mass is 19.4. The zero-order valence-electron chi connectivity index (χ0n) is 19.0. The highest BCUT2D eigenvalue weighted by Crippen LogP contribution is 2.32. The number of aromatic nitrogens is 2. The Labute approximate surface area is 204 Å². The first-order valence-electron chi connectivity index (χ1n) is 11.0. The van der Waals surface area contributed by atoms with Crippen molar-refractivity contribution in [3.05, 3.63) is 103 Å². The van der Waals surface area contributed by atoms with Gasteiger partial charge < -0.3 is 14.4 Å². The van der Waals surface area contributed by atoms with Gasteiger partial charge in [0.15, 0.2) is 5.95 Å². The van der Waals surface area contributed by atoms with Crippen LogP contribution in [-0.4, -0.2) is 12.4 Å². The summed E-state index contributed by atoms with van der Waals surface area (Å²) in [5, 5.41) is 16.4. The molecule has 0 atom stereocenters. The summed E-state index contributed by atoms with van der Waals surface area (Å²) in [6.45, 7) is 0. The molecular weight excluding hydrogens is 469 g/mol. The van der Waals surface area contributed by atoms with E-state index in [1.807, 2.05) is 48.5 Å². The highest BCUT2D eigenvalue weighted by molar-refractivity contribution is 5.70. The molecule has 8 heteroatoms. The Morgan fingerprint density at radius 1 is 0.694 bits per heavy atom. The average molecular weight is 488 g/mol. The normalized spacial score (nSPS) is 11.4. The molecule has 0 N–H and O–H groups in total. The van der Waals surface area contributed by atoms with Crippen LogP contribution in [0.1, 0.15) is 5.56 Å². The summed E-state index contributed by atoms with van der Waals surface area (Å²) in [4.78, 5) is 0. The van der Waals surface area contributed by atoms with E-state index in [2.05, 4.69) is 5.27 Å². The van der Waals surface area contributed by atoms with Gasteiger partial charge in [-0.15, -0.1) is 0 Å². The van der Waals surface area contributed by atoms with E-state index >= 15 is 0 Å². The Kier molecular flexibility index (Phi) is 5.93. The number of alkyl halides is 3. The van der Waals surface area contributed by atoms with Gasteiger partial charge in [0.05, 0.1) is 23.5 Å². The average Bonchev–Trinajstić information content (AvgIpc) is 3.30. The van der Waals surface area contributed by atoms with Crippen molar-refractivity contribution in [3.8, 4) is 50.9 Å². The van der Waals surface area contributed by atoms with Crippen molar-refractivity contribution in [3.63, 3.8) is 0 Å². The summed E-state index contributed by atoms with van der Waals surface area (Å²) in [5.74, 6) is 0.169. The molecule has 0 aliphatic heterocycles. The number of methoxy groups -OCH3 is 1.